The van der Waals surface area contributed by atoms with Gasteiger partial charge in [-0.25, -0.2) is 0 Å². The third-order valence-corrected chi connectivity index (χ3v) is 5.59. The molecule has 0 aromatic carbocycles. The Kier molecular flexibility index (Phi) is 3.45. The lowest BCUT2D eigenvalue weighted by Gasteiger charge is -2.46. The third-order valence-electron chi connectivity index (χ3n) is 5.59. The number of likely N-dealkylation sites (tertiary alicyclic amines) is 1. The van der Waals surface area contributed by atoms with Crippen LogP contribution in [0.1, 0.15) is 64.2 Å². The Morgan fingerprint density at radius 2 is 1.65 bits per heavy atom. The zero-order valence-corrected chi connectivity index (χ0v) is 11.0. The molecule has 1 spiro atoms. The molecule has 0 radical (unpaired) electrons. The van der Waals surface area contributed by atoms with Gasteiger partial charge in [0.1, 0.15) is 0 Å². The maximum absolute atomic E-state index is 10.3. The first-order valence-corrected chi connectivity index (χ1v) is 7.72. The Hall–Kier alpha value is -0.0800. The van der Waals surface area contributed by atoms with E-state index in [0.29, 0.717) is 0 Å². The zero-order valence-electron chi connectivity index (χ0n) is 11.0. The molecular weight excluding hydrogens is 210 g/mol. The van der Waals surface area contributed by atoms with E-state index < -0.39 is 0 Å². The Labute approximate surface area is 105 Å². The van der Waals surface area contributed by atoms with Gasteiger partial charge in [0.15, 0.2) is 0 Å². The fraction of sp³-hybridized carbons (Fsp3) is 1.00. The van der Waals surface area contributed by atoms with Crippen LogP contribution in [0.4, 0.5) is 0 Å². The molecule has 2 saturated carbocycles. The number of nitrogens with zero attached hydrogens (tertiary/aromatic N) is 1. The van der Waals surface area contributed by atoms with Gasteiger partial charge in [0.25, 0.3) is 0 Å². The molecule has 0 unspecified atom stereocenters. The van der Waals surface area contributed by atoms with Gasteiger partial charge in [-0.1, -0.05) is 25.7 Å². The highest BCUT2D eigenvalue weighted by Gasteiger charge is 2.45. The Morgan fingerprint density at radius 1 is 0.882 bits per heavy atom. The first-order valence-electron chi connectivity index (χ1n) is 7.72. The van der Waals surface area contributed by atoms with Gasteiger partial charge >= 0.3 is 0 Å². The molecule has 17 heavy (non-hydrogen) atoms. The van der Waals surface area contributed by atoms with E-state index in [0.717, 1.165) is 12.5 Å². The van der Waals surface area contributed by atoms with Crippen molar-refractivity contribution in [3.8, 4) is 0 Å². The highest BCUT2D eigenvalue weighted by atomic mass is 16.3. The molecule has 1 aliphatic heterocycles. The molecule has 3 fully saturated rings. The summed E-state index contributed by atoms with van der Waals surface area (Å²) in [7, 11) is 0. The molecule has 2 aliphatic carbocycles. The zero-order chi connectivity index (χ0) is 11.7. The van der Waals surface area contributed by atoms with Crippen molar-refractivity contribution in [3.63, 3.8) is 0 Å². The molecule has 98 valence electrons. The van der Waals surface area contributed by atoms with Crippen LogP contribution in [0.5, 0.6) is 0 Å². The fourth-order valence-electron chi connectivity index (χ4n) is 4.55. The van der Waals surface area contributed by atoms with Crippen molar-refractivity contribution < 1.29 is 5.11 Å². The number of rotatable bonds is 1. The van der Waals surface area contributed by atoms with Gasteiger partial charge in [0.2, 0.25) is 0 Å². The fourth-order valence-corrected chi connectivity index (χ4v) is 4.55. The van der Waals surface area contributed by atoms with Crippen LogP contribution in [-0.2, 0) is 0 Å². The highest BCUT2D eigenvalue weighted by Crippen LogP contribution is 2.46. The van der Waals surface area contributed by atoms with Crippen LogP contribution in [0.15, 0.2) is 0 Å². The predicted molar refractivity (Wildman–Crippen MR) is 70.0 cm³/mol. The van der Waals surface area contributed by atoms with Gasteiger partial charge in [-0.2, -0.15) is 0 Å². The van der Waals surface area contributed by atoms with Gasteiger partial charge in [-0.3, -0.25) is 4.90 Å². The minimum absolute atomic E-state index is 0.00566. The second-order valence-electron chi connectivity index (χ2n) is 6.64. The van der Waals surface area contributed by atoms with E-state index in [9.17, 15) is 5.11 Å². The highest BCUT2D eigenvalue weighted by molar-refractivity contribution is 4.98. The molecule has 0 aromatic rings. The predicted octanol–water partition coefficient (Wildman–Crippen LogP) is 2.95. The smallest absolute Gasteiger partial charge is 0.0608 e. The van der Waals surface area contributed by atoms with Crippen molar-refractivity contribution in [2.45, 2.75) is 76.4 Å². The monoisotopic (exact) mass is 237 g/mol. The van der Waals surface area contributed by atoms with Crippen LogP contribution in [0.25, 0.3) is 0 Å². The first kappa shape index (κ1) is 12.0. The Bertz CT molecular complexity index is 262. The first-order chi connectivity index (χ1) is 8.30. The van der Waals surface area contributed by atoms with E-state index in [1.54, 1.807) is 0 Å². The molecule has 2 atom stereocenters. The summed E-state index contributed by atoms with van der Waals surface area (Å²) in [6.45, 7) is 2.48. The molecule has 1 N–H and O–H groups in total. The molecule has 3 rings (SSSR count). The van der Waals surface area contributed by atoms with Crippen LogP contribution in [0.3, 0.4) is 0 Å². The van der Waals surface area contributed by atoms with Crippen molar-refractivity contribution in [1.82, 2.24) is 4.90 Å². The standard InChI is InChI=1S/C15H27NO/c17-14-8-4-9-15(14)10-5-11-16(12-15)13-6-2-1-3-7-13/h13-14,17H,1-12H2/t14-,15-/m1/s1. The van der Waals surface area contributed by atoms with Gasteiger partial charge in [-0.15, -0.1) is 0 Å². The van der Waals surface area contributed by atoms with E-state index >= 15 is 0 Å². The molecular formula is C15H27NO. The quantitative estimate of drug-likeness (QED) is 0.758. The molecule has 1 saturated heterocycles. The van der Waals surface area contributed by atoms with Crippen LogP contribution in [0.2, 0.25) is 0 Å². The third kappa shape index (κ3) is 2.26. The lowest BCUT2D eigenvalue weighted by Crippen LogP contribution is -2.51. The Morgan fingerprint density at radius 3 is 2.35 bits per heavy atom. The lowest BCUT2D eigenvalue weighted by molar-refractivity contribution is -0.0280. The second-order valence-corrected chi connectivity index (χ2v) is 6.64. The minimum atomic E-state index is -0.00566. The lowest BCUT2D eigenvalue weighted by atomic mass is 9.75. The van der Waals surface area contributed by atoms with E-state index in [1.807, 2.05) is 0 Å². The molecule has 0 amide bonds. The van der Waals surface area contributed by atoms with E-state index in [4.69, 9.17) is 0 Å². The number of hydrogen-bond donors (Lipinski definition) is 1. The van der Waals surface area contributed by atoms with Crippen molar-refractivity contribution in [1.29, 1.82) is 0 Å². The van der Waals surface area contributed by atoms with Gasteiger partial charge in [0.05, 0.1) is 6.10 Å². The normalized spacial score (nSPS) is 41.1. The number of hydrogen-bond acceptors (Lipinski definition) is 2. The molecule has 0 aromatic heterocycles. The largest absolute Gasteiger partial charge is 0.393 e. The van der Waals surface area contributed by atoms with Crippen LogP contribution in [0, 0.1) is 5.41 Å². The van der Waals surface area contributed by atoms with Gasteiger partial charge < -0.3 is 5.11 Å². The number of piperidine rings is 1. The maximum Gasteiger partial charge on any atom is 0.0608 e. The number of aliphatic hydroxyl groups excluding tert-OH is 1. The SMILES string of the molecule is O[C@@H]1CCC[C@]12CCCN(C1CCCCC1)C2. The summed E-state index contributed by atoms with van der Waals surface area (Å²) in [6.07, 6.45) is 13.3. The molecule has 0 bridgehead atoms. The summed E-state index contributed by atoms with van der Waals surface area (Å²) in [5.41, 5.74) is 0.287. The minimum Gasteiger partial charge on any atom is -0.393 e. The van der Waals surface area contributed by atoms with E-state index in [1.165, 1.54) is 70.9 Å². The van der Waals surface area contributed by atoms with E-state index in [2.05, 4.69) is 4.90 Å². The summed E-state index contributed by atoms with van der Waals surface area (Å²) >= 11 is 0. The summed E-state index contributed by atoms with van der Waals surface area (Å²) < 4.78 is 0. The Balaban J connectivity index is 1.66. The van der Waals surface area contributed by atoms with Gasteiger partial charge in [0, 0.05) is 18.0 Å². The van der Waals surface area contributed by atoms with Crippen molar-refractivity contribution in [2.75, 3.05) is 13.1 Å². The van der Waals surface area contributed by atoms with Crippen LogP contribution in [-0.4, -0.2) is 35.2 Å². The van der Waals surface area contributed by atoms with Gasteiger partial charge in [-0.05, 0) is 45.1 Å². The van der Waals surface area contributed by atoms with Crippen molar-refractivity contribution in [3.05, 3.63) is 0 Å². The summed E-state index contributed by atoms with van der Waals surface area (Å²) in [5.74, 6) is 0. The summed E-state index contributed by atoms with van der Waals surface area (Å²) in [5, 5.41) is 10.3. The molecule has 1 heterocycles. The average Bonchev–Trinajstić information content (AvgIpc) is 2.72. The van der Waals surface area contributed by atoms with E-state index in [-0.39, 0.29) is 11.5 Å². The summed E-state index contributed by atoms with van der Waals surface area (Å²) in [6, 6.07) is 0.841. The maximum atomic E-state index is 10.3. The van der Waals surface area contributed by atoms with Crippen molar-refractivity contribution in [2.24, 2.45) is 5.41 Å². The number of aliphatic hydroxyl groups is 1. The molecule has 2 nitrogen and oxygen atoms in total. The average molecular weight is 237 g/mol. The summed E-state index contributed by atoms with van der Waals surface area (Å²) in [4.78, 5) is 2.73. The molecule has 2 heteroatoms. The van der Waals surface area contributed by atoms with Crippen LogP contribution >= 0.6 is 0 Å². The van der Waals surface area contributed by atoms with Crippen molar-refractivity contribution >= 4 is 0 Å². The van der Waals surface area contributed by atoms with Crippen LogP contribution < -0.4 is 0 Å². The molecule has 3 aliphatic rings. The topological polar surface area (TPSA) is 23.5 Å². The second kappa shape index (κ2) is 4.89.